The number of ether oxygens (including phenoxy) is 3. The number of methoxy groups -OCH3 is 3. The first-order chi connectivity index (χ1) is 41.6. The maximum atomic E-state index is 13.5. The van der Waals surface area contributed by atoms with Crippen molar-refractivity contribution in [3.05, 3.63) is 171 Å². The molecule has 1 aliphatic heterocycles. The summed E-state index contributed by atoms with van der Waals surface area (Å²) < 4.78 is 56.7. The maximum Gasteiger partial charge on any atom is 1.00 e. The monoisotopic (exact) mass is 1660 g/mol. The number of hydrogen-bond donors (Lipinski definition) is 4. The Hall–Kier alpha value is -3.42. The Morgan fingerprint density at radius 1 is 0.717 bits per heavy atom. The number of aromatic nitrogens is 3. The summed E-state index contributed by atoms with van der Waals surface area (Å²) in [6, 6.07) is 21.4. The number of nitrogens with zero attached hydrogens (tertiary/aromatic N) is 6. The summed E-state index contributed by atoms with van der Waals surface area (Å²) in [5.74, 6) is -3.05. The normalized spacial score (nSPS) is 11.4. The summed E-state index contributed by atoms with van der Waals surface area (Å²) in [5, 5.41) is 33.0. The standard InChI is InChI=1S/C15H12BrClFN3O3.C15H12BrClFN3O2.C8H5BrClFO.C7H8BrN3O2.C4H6O4.C2H4O2.CH2O3.B.2K.Na.H/c1-23-15-11(16)2-3-12(20-15)14(19)21-24-7-13(22)8-4-9(17)6-10(18)5-8;1-22-15-11(16)2-3-12(20-15)14-19-13(7-23-21-14)8-4-9(17)6-10(18)5-8;9-4-8(12)5-1-6(10)3-7(11)2-5;1-13-7-4(8)2-3-5(10-7)6(9)11-12;1-3(5)7-8-4(2)6;1-2(3)4;2-1-4-3;;;;;/h2-6H,7H2,1H3,(H2,19,21);2-6,13H,7H2,1H3,(H,19,21);1-3H,4H2;2-3,12H,1H3,(H2,9,11);1-2H3;1H3,(H,3,4);1,3H;;;;;/q;;;;;;;;3*+1;-1/p-2. The zero-order valence-corrected chi connectivity index (χ0v) is 66.5. The molecule has 26 nitrogen and oxygen atoms in total. The van der Waals surface area contributed by atoms with Gasteiger partial charge in [0.05, 0.1) is 40.1 Å². The van der Waals surface area contributed by atoms with Gasteiger partial charge in [0, 0.05) is 54.4 Å². The van der Waals surface area contributed by atoms with E-state index in [0.717, 1.165) is 49.5 Å². The summed E-state index contributed by atoms with van der Waals surface area (Å²) in [5.41, 5.74) is 16.0. The first-order valence-electron chi connectivity index (χ1n) is 23.3. The Kier molecular flexibility index (Phi) is 54.4. The van der Waals surface area contributed by atoms with Crippen LogP contribution in [0.25, 0.3) is 0 Å². The van der Waals surface area contributed by atoms with Gasteiger partial charge in [-0.15, -0.1) is 0 Å². The third-order valence-electron chi connectivity index (χ3n) is 9.03. The first-order valence-corrected chi connectivity index (χ1v) is 28.0. The molecule has 0 saturated carbocycles. The Bertz CT molecular complexity index is 3400. The van der Waals surface area contributed by atoms with E-state index in [1.54, 1.807) is 42.5 Å². The molecule has 3 radical (unpaired) electrons. The van der Waals surface area contributed by atoms with Crippen molar-refractivity contribution in [1.82, 2.24) is 20.4 Å². The number of carbonyl (C=O) groups excluding carboxylic acids is 6. The van der Waals surface area contributed by atoms with E-state index in [-0.39, 0.29) is 205 Å². The summed E-state index contributed by atoms with van der Waals surface area (Å²) in [4.78, 5) is 97.6. The molecule has 0 amide bonds. The fraction of sp³-hybridized carbons (Fsp3) is 0.192. The third-order valence-corrected chi connectivity index (χ3v) is 12.0. The van der Waals surface area contributed by atoms with E-state index >= 15 is 0 Å². The van der Waals surface area contributed by atoms with Gasteiger partial charge < -0.3 is 57.2 Å². The molecule has 0 spiro atoms. The van der Waals surface area contributed by atoms with Gasteiger partial charge in [0.1, 0.15) is 47.2 Å². The molecule has 0 saturated heterocycles. The number of carboxylic acid groups (broad SMARTS) is 1. The number of aliphatic carboxylic acids is 1. The second kappa shape index (κ2) is 52.7. The molecule has 6 N–H and O–H groups in total. The fourth-order valence-corrected chi connectivity index (χ4v) is 7.69. The van der Waals surface area contributed by atoms with Gasteiger partial charge in [0.15, 0.2) is 29.9 Å². The molecule has 6 aromatic rings. The minimum atomic E-state index is -1.08. The van der Waals surface area contributed by atoms with Crippen LogP contribution >= 0.6 is 98.5 Å². The number of alkyl halides is 1. The van der Waals surface area contributed by atoms with Crippen LogP contribution in [0.2, 0.25) is 15.1 Å². The number of aliphatic imine (C=N–C) groups is 1. The summed E-state index contributed by atoms with van der Waals surface area (Å²) in [6.45, 7) is 2.91. The fourth-order valence-electron chi connectivity index (χ4n) is 5.55. The molecule has 1 unspecified atom stereocenters. The number of hydrogen-bond acceptors (Lipinski definition) is 24. The SMILES string of the molecule is CC(=O)OOC(C)=O.CC(=O)[O-].COc1nc(/C(N)=N/O)ccc1Br.COc1nc(/C(N)=N/OCC(=O)c2cc(F)cc(Cl)c2)ccc1Br.COc1nc(C2=NC(c3cc(F)cc(Cl)c3)CON2)ccc1Br.O=C(CBr)c1cc(F)cc(Cl)c1.O=CO[O-].[B].[H-].[K+].[K+].[Na+]. The van der Waals surface area contributed by atoms with Gasteiger partial charge in [0.25, 0.3) is 6.47 Å². The third kappa shape index (κ3) is 39.0. The topological polar surface area (TPSA) is 382 Å². The van der Waals surface area contributed by atoms with Crippen LogP contribution < -0.4 is 174 Å². The predicted molar refractivity (Wildman–Crippen MR) is 328 cm³/mol. The van der Waals surface area contributed by atoms with Crippen LogP contribution in [-0.4, -0.2) is 122 Å². The second-order valence-corrected chi connectivity index (χ2v) is 20.0. The van der Waals surface area contributed by atoms with E-state index in [2.05, 4.69) is 114 Å². The number of carbonyl (C=O) groups is 6. The quantitative estimate of drug-likeness (QED) is 0.0114. The number of pyridine rings is 3. The Morgan fingerprint density at radius 2 is 1.12 bits per heavy atom. The smallest absolute Gasteiger partial charge is 1.00 e. The number of hydroxylamine groups is 1. The van der Waals surface area contributed by atoms with Gasteiger partial charge in [-0.2, -0.15) is 0 Å². The number of carboxylic acids is 1. The number of oxime groups is 2. The molecule has 4 heterocycles. The molecule has 0 fully saturated rings. The summed E-state index contributed by atoms with van der Waals surface area (Å²) >= 11 is 30.0. The molecule has 3 aromatic carbocycles. The van der Waals surface area contributed by atoms with Crippen LogP contribution in [0.15, 0.2) is 120 Å². The maximum absolute atomic E-state index is 13.5. The molecular formula is C52H48BBr4Cl3F3K2N9NaO17. The van der Waals surface area contributed by atoms with Crippen LogP contribution in [0.3, 0.4) is 0 Å². The molecule has 3 aromatic heterocycles. The minimum absolute atomic E-state index is 0. The van der Waals surface area contributed by atoms with Crippen molar-refractivity contribution in [2.45, 2.75) is 26.8 Å². The summed E-state index contributed by atoms with van der Waals surface area (Å²) in [7, 11) is 4.48. The minimum Gasteiger partial charge on any atom is -1.00 e. The van der Waals surface area contributed by atoms with Gasteiger partial charge >= 0.3 is 144 Å². The van der Waals surface area contributed by atoms with E-state index in [9.17, 15) is 32.3 Å². The van der Waals surface area contributed by atoms with Crippen molar-refractivity contribution >= 4 is 160 Å². The van der Waals surface area contributed by atoms with Crippen LogP contribution in [0, 0.1) is 17.5 Å². The van der Waals surface area contributed by atoms with Gasteiger partial charge in [-0.3, -0.25) is 24.2 Å². The van der Waals surface area contributed by atoms with Crippen molar-refractivity contribution in [2.24, 2.45) is 26.8 Å². The average molecular weight is 1670 g/mol. The molecule has 0 aliphatic carbocycles. The zero-order valence-electron chi connectivity index (χ0n) is 50.6. The van der Waals surface area contributed by atoms with Crippen molar-refractivity contribution in [1.29, 1.82) is 0 Å². The van der Waals surface area contributed by atoms with Crippen molar-refractivity contribution in [2.75, 3.05) is 39.9 Å². The van der Waals surface area contributed by atoms with Crippen LogP contribution in [0.1, 0.15) is 71.6 Å². The molecule has 92 heavy (non-hydrogen) atoms. The number of halogens is 10. The molecular weight excluding hydrogens is 1620 g/mol. The Balaban J connectivity index is -0.000000346. The van der Waals surface area contributed by atoms with Crippen LogP contribution in [0.5, 0.6) is 17.6 Å². The van der Waals surface area contributed by atoms with E-state index in [1.807, 2.05) is 0 Å². The molecule has 40 heteroatoms. The molecule has 479 valence electrons. The van der Waals surface area contributed by atoms with E-state index in [0.29, 0.717) is 60.1 Å². The van der Waals surface area contributed by atoms with Crippen molar-refractivity contribution in [3.8, 4) is 17.6 Å². The number of ketones is 2. The predicted octanol–water partition coefficient (Wildman–Crippen LogP) is -1.20. The van der Waals surface area contributed by atoms with E-state index in [1.165, 1.54) is 45.6 Å². The molecule has 0 bridgehead atoms. The van der Waals surface area contributed by atoms with Gasteiger partial charge in [0.2, 0.25) is 23.4 Å². The summed E-state index contributed by atoms with van der Waals surface area (Å²) in [6.07, 6.45) is 0. The zero-order chi connectivity index (χ0) is 66.6. The van der Waals surface area contributed by atoms with Crippen molar-refractivity contribution < 1.29 is 230 Å². The van der Waals surface area contributed by atoms with E-state index < -0.39 is 47.7 Å². The number of nitrogens with two attached hydrogens (primary N) is 2. The average Bonchev–Trinajstić information content (AvgIpc) is 2.66. The number of Topliss-reactive ketones (excluding diaryl/α,β-unsaturated/α-hetero) is 2. The number of amidine groups is 3. The van der Waals surface area contributed by atoms with Crippen molar-refractivity contribution in [3.63, 3.8) is 0 Å². The molecule has 1 aliphatic rings. The van der Waals surface area contributed by atoms with Crippen LogP contribution in [0.4, 0.5) is 13.2 Å². The number of benzene rings is 3. The first kappa shape index (κ1) is 95.0. The Labute approximate surface area is 682 Å². The number of rotatable bonds is 14. The second-order valence-electron chi connectivity index (χ2n) is 15.5. The molecule has 1 atom stereocenters. The largest absolute Gasteiger partial charge is 1.00 e. The number of nitrogens with one attached hydrogen (secondary N) is 1. The van der Waals surface area contributed by atoms with E-state index in [4.69, 9.17) is 95.3 Å². The van der Waals surface area contributed by atoms with Gasteiger partial charge in [-0.25, -0.2) is 53.0 Å². The van der Waals surface area contributed by atoms with Gasteiger partial charge in [-0.1, -0.05) is 61.0 Å². The van der Waals surface area contributed by atoms with Crippen LogP contribution in [-0.2, 0) is 43.5 Å². The van der Waals surface area contributed by atoms with Gasteiger partial charge in [-0.05, 0) is 151 Å². The Morgan fingerprint density at radius 3 is 1.51 bits per heavy atom. The molecule has 7 rings (SSSR count).